The maximum atomic E-state index is 13.4. The second kappa shape index (κ2) is 6.13. The van der Waals surface area contributed by atoms with E-state index in [4.69, 9.17) is 9.26 Å². The van der Waals surface area contributed by atoms with E-state index in [1.807, 2.05) is 0 Å². The number of Topliss-reactive ketones (excluding diaryl/α,β-unsaturated/α-hetero) is 1. The summed E-state index contributed by atoms with van der Waals surface area (Å²) in [4.78, 5) is 30.6. The molecular weight excluding hydrogens is 356 g/mol. The fourth-order valence-corrected chi connectivity index (χ4v) is 6.50. The molecule has 148 valence electrons. The van der Waals surface area contributed by atoms with Crippen LogP contribution in [0.4, 0.5) is 0 Å². The van der Waals surface area contributed by atoms with E-state index >= 15 is 0 Å². The molecule has 28 heavy (non-hydrogen) atoms. The highest BCUT2D eigenvalue weighted by molar-refractivity contribution is 6.04. The molecule has 0 aromatic carbocycles. The van der Waals surface area contributed by atoms with Crippen LogP contribution in [0.5, 0.6) is 0 Å². The van der Waals surface area contributed by atoms with Crippen LogP contribution in [0.3, 0.4) is 0 Å². The van der Waals surface area contributed by atoms with Gasteiger partial charge in [0.25, 0.3) is 5.71 Å². The molecule has 0 aliphatic heterocycles. The van der Waals surface area contributed by atoms with Crippen LogP contribution in [-0.4, -0.2) is 28.0 Å². The molecule has 4 bridgehead atoms. The number of hydrogen-bond donors (Lipinski definition) is 0. The monoisotopic (exact) mass is 382 g/mol. The van der Waals surface area contributed by atoms with Crippen LogP contribution in [0.15, 0.2) is 10.6 Å². The van der Waals surface area contributed by atoms with Gasteiger partial charge in [-0.05, 0) is 83.1 Å². The zero-order valence-corrected chi connectivity index (χ0v) is 16.7. The summed E-state index contributed by atoms with van der Waals surface area (Å²) in [5.74, 6) is 1.65. The standard InChI is InChI=1S/C22H26N2O4/c1-11-4-17(18-12(2)24-28-20(18)23-11)21(26)27-13(3)19(25)22-8-14-5-15(9-22)7-16(6-14)10-22/h4,13-16H,5-10H2,1-3H3. The molecule has 2 aromatic heterocycles. The smallest absolute Gasteiger partial charge is 0.339 e. The molecule has 6 rings (SSSR count). The number of aryl methyl sites for hydroxylation is 2. The first-order chi connectivity index (χ1) is 13.3. The zero-order chi connectivity index (χ0) is 19.6. The van der Waals surface area contributed by atoms with Crippen molar-refractivity contribution >= 4 is 22.9 Å². The quantitative estimate of drug-likeness (QED) is 0.738. The van der Waals surface area contributed by atoms with E-state index in [-0.39, 0.29) is 11.2 Å². The van der Waals surface area contributed by atoms with Crippen LogP contribution in [0.25, 0.3) is 11.1 Å². The summed E-state index contributed by atoms with van der Waals surface area (Å²) in [6.07, 6.45) is 6.02. The van der Waals surface area contributed by atoms with Gasteiger partial charge in [0.05, 0.1) is 16.6 Å². The third-order valence-corrected chi connectivity index (χ3v) is 7.18. The van der Waals surface area contributed by atoms with Crippen molar-refractivity contribution in [2.24, 2.45) is 23.2 Å². The van der Waals surface area contributed by atoms with Crippen molar-refractivity contribution in [1.29, 1.82) is 0 Å². The predicted molar refractivity (Wildman–Crippen MR) is 102 cm³/mol. The minimum Gasteiger partial charge on any atom is -0.451 e. The largest absolute Gasteiger partial charge is 0.451 e. The Balaban J connectivity index is 1.39. The molecule has 4 saturated carbocycles. The lowest BCUT2D eigenvalue weighted by atomic mass is 9.48. The number of esters is 1. The Morgan fingerprint density at radius 2 is 1.75 bits per heavy atom. The molecule has 0 spiro atoms. The van der Waals surface area contributed by atoms with Gasteiger partial charge in [-0.2, -0.15) is 0 Å². The highest BCUT2D eigenvalue weighted by Gasteiger charge is 2.55. The van der Waals surface area contributed by atoms with Crippen LogP contribution in [0.1, 0.15) is 67.2 Å². The number of hydrogen-bond acceptors (Lipinski definition) is 6. The lowest BCUT2D eigenvalue weighted by Crippen LogP contribution is -2.52. The molecule has 6 heteroatoms. The van der Waals surface area contributed by atoms with Crippen molar-refractivity contribution in [1.82, 2.24) is 10.1 Å². The molecule has 4 aliphatic carbocycles. The first-order valence-electron chi connectivity index (χ1n) is 10.3. The first-order valence-corrected chi connectivity index (χ1v) is 10.3. The number of ether oxygens (including phenoxy) is 1. The maximum Gasteiger partial charge on any atom is 0.339 e. The van der Waals surface area contributed by atoms with Gasteiger partial charge in [0.15, 0.2) is 11.9 Å². The van der Waals surface area contributed by atoms with Gasteiger partial charge in [-0.1, -0.05) is 5.16 Å². The molecular formula is C22H26N2O4. The van der Waals surface area contributed by atoms with Crippen LogP contribution in [-0.2, 0) is 9.53 Å². The minimum atomic E-state index is -0.743. The van der Waals surface area contributed by atoms with Crippen molar-refractivity contribution in [2.75, 3.05) is 0 Å². The molecule has 1 unspecified atom stereocenters. The fourth-order valence-electron chi connectivity index (χ4n) is 6.50. The van der Waals surface area contributed by atoms with E-state index in [9.17, 15) is 9.59 Å². The summed E-state index contributed by atoms with van der Waals surface area (Å²) < 4.78 is 10.9. The molecule has 4 aliphatic rings. The molecule has 6 nitrogen and oxygen atoms in total. The summed E-state index contributed by atoms with van der Waals surface area (Å²) in [6, 6.07) is 1.68. The van der Waals surface area contributed by atoms with Crippen LogP contribution >= 0.6 is 0 Å². The van der Waals surface area contributed by atoms with Crippen LogP contribution in [0, 0.1) is 37.0 Å². The molecule has 1 atom stereocenters. The number of carbonyl (C=O) groups is 2. The van der Waals surface area contributed by atoms with E-state index < -0.39 is 12.1 Å². The van der Waals surface area contributed by atoms with E-state index in [0.29, 0.717) is 45.8 Å². The van der Waals surface area contributed by atoms with Gasteiger partial charge in [0.2, 0.25) is 0 Å². The van der Waals surface area contributed by atoms with E-state index in [1.54, 1.807) is 26.8 Å². The van der Waals surface area contributed by atoms with Gasteiger partial charge in [0.1, 0.15) is 0 Å². The van der Waals surface area contributed by atoms with E-state index in [2.05, 4.69) is 10.1 Å². The average Bonchev–Trinajstić information content (AvgIpc) is 2.99. The Morgan fingerprint density at radius 3 is 2.36 bits per heavy atom. The summed E-state index contributed by atoms with van der Waals surface area (Å²) in [6.45, 7) is 5.28. The van der Waals surface area contributed by atoms with Crippen molar-refractivity contribution in [2.45, 2.75) is 65.4 Å². The SMILES string of the molecule is Cc1cc(C(=O)OC(C)C(=O)C23CC4CC(CC(C4)C2)C3)c2c(C)noc2n1. The maximum absolute atomic E-state index is 13.4. The Labute approximate surface area is 164 Å². The summed E-state index contributed by atoms with van der Waals surface area (Å²) in [5.41, 5.74) is 1.66. The summed E-state index contributed by atoms with van der Waals surface area (Å²) >= 11 is 0. The van der Waals surface area contributed by atoms with Gasteiger partial charge >= 0.3 is 5.97 Å². The fraction of sp³-hybridized carbons (Fsp3) is 0.636. The van der Waals surface area contributed by atoms with Gasteiger partial charge in [0, 0.05) is 11.1 Å². The Hall–Kier alpha value is -2.24. The first kappa shape index (κ1) is 17.8. The van der Waals surface area contributed by atoms with Gasteiger partial charge in [-0.15, -0.1) is 0 Å². The highest BCUT2D eigenvalue weighted by Crippen LogP contribution is 2.60. The molecule has 0 radical (unpaired) electrons. The minimum absolute atomic E-state index is 0.115. The van der Waals surface area contributed by atoms with Crippen molar-refractivity contribution in [3.63, 3.8) is 0 Å². The van der Waals surface area contributed by atoms with Crippen molar-refractivity contribution < 1.29 is 18.8 Å². The normalized spacial score (nSPS) is 31.9. The molecule has 2 aromatic rings. The Bertz CT molecular complexity index is 941. The molecule has 0 amide bonds. The molecule has 0 N–H and O–H groups in total. The van der Waals surface area contributed by atoms with Gasteiger partial charge in [-0.25, -0.2) is 9.78 Å². The zero-order valence-electron chi connectivity index (χ0n) is 16.7. The number of pyridine rings is 1. The van der Waals surface area contributed by atoms with Crippen molar-refractivity contribution in [3.05, 3.63) is 23.0 Å². The number of fused-ring (bicyclic) bond motifs is 1. The Morgan fingerprint density at radius 1 is 1.14 bits per heavy atom. The lowest BCUT2D eigenvalue weighted by Gasteiger charge is -2.56. The van der Waals surface area contributed by atoms with Gasteiger partial charge in [-0.3, -0.25) is 4.79 Å². The Kier molecular flexibility index (Phi) is 3.90. The number of nitrogens with zero attached hydrogens (tertiary/aromatic N) is 2. The number of ketones is 1. The average molecular weight is 382 g/mol. The summed E-state index contributed by atoms with van der Waals surface area (Å²) in [5, 5.41) is 4.47. The summed E-state index contributed by atoms with van der Waals surface area (Å²) in [7, 11) is 0. The van der Waals surface area contributed by atoms with E-state index in [0.717, 1.165) is 19.3 Å². The van der Waals surface area contributed by atoms with Crippen LogP contribution in [0.2, 0.25) is 0 Å². The predicted octanol–water partition coefficient (Wildman–Crippen LogP) is 4.17. The van der Waals surface area contributed by atoms with Crippen LogP contribution < -0.4 is 0 Å². The molecule has 2 heterocycles. The molecule has 4 fully saturated rings. The number of rotatable bonds is 4. The lowest BCUT2D eigenvalue weighted by molar-refractivity contribution is -0.152. The second-order valence-electron chi connectivity index (χ2n) is 9.37. The van der Waals surface area contributed by atoms with Crippen molar-refractivity contribution in [3.8, 4) is 0 Å². The topological polar surface area (TPSA) is 82.3 Å². The number of aromatic nitrogens is 2. The highest BCUT2D eigenvalue weighted by atomic mass is 16.5. The van der Waals surface area contributed by atoms with Gasteiger partial charge < -0.3 is 9.26 Å². The third-order valence-electron chi connectivity index (χ3n) is 7.18. The number of carbonyl (C=O) groups excluding carboxylic acids is 2. The second-order valence-corrected chi connectivity index (χ2v) is 9.37. The third kappa shape index (κ3) is 2.68. The molecule has 0 saturated heterocycles. The van der Waals surface area contributed by atoms with E-state index in [1.165, 1.54) is 19.3 Å².